The van der Waals surface area contributed by atoms with Crippen molar-refractivity contribution in [3.63, 3.8) is 0 Å². The summed E-state index contributed by atoms with van der Waals surface area (Å²) in [5.41, 5.74) is 0. The van der Waals surface area contributed by atoms with E-state index in [9.17, 15) is 0 Å². The third-order valence-corrected chi connectivity index (χ3v) is 0. The molecule has 7 heavy (non-hydrogen) atoms. The van der Waals surface area contributed by atoms with Crippen LogP contribution in [0.2, 0.25) is 0 Å². The molecule has 0 saturated carbocycles. The maximum atomic E-state index is 8.28. The quantitative estimate of drug-likeness (QED) is 0.518. The maximum Gasteiger partial charge on any atom is 0 e. The van der Waals surface area contributed by atoms with Crippen LogP contribution in [0.5, 0.6) is 0 Å². The summed E-state index contributed by atoms with van der Waals surface area (Å²) in [6.45, 7) is 0. The van der Waals surface area contributed by atoms with Crippen LogP contribution in [-0.4, -0.2) is 16.2 Å². The second-order valence-corrected chi connectivity index (χ2v) is 0.307. The van der Waals surface area contributed by atoms with Gasteiger partial charge in [-0.25, -0.2) is 0 Å². The SMILES string of the molecule is N#[C][Co].[Ni].[O]=[AlH].[Ti]. The fourth-order valence-electron chi connectivity index (χ4n) is 0. The van der Waals surface area contributed by atoms with Crippen LogP contribution >= 0.6 is 0 Å². The predicted molar refractivity (Wildman–Crippen MR) is 13.4 cm³/mol. The van der Waals surface area contributed by atoms with Crippen molar-refractivity contribution >= 4 is 16.2 Å². The van der Waals surface area contributed by atoms with Crippen molar-refractivity contribution in [3.05, 3.63) is 0 Å². The van der Waals surface area contributed by atoms with Gasteiger partial charge in [-0.15, -0.1) is 0 Å². The van der Waals surface area contributed by atoms with E-state index in [1.54, 1.807) is 0 Å². The molecule has 0 bridgehead atoms. The average molecular weight is 236 g/mol. The van der Waals surface area contributed by atoms with E-state index < -0.39 is 0 Å². The third kappa shape index (κ3) is 97.8. The molecule has 0 aliphatic rings. The fourth-order valence-corrected chi connectivity index (χ4v) is 0. The van der Waals surface area contributed by atoms with Crippen molar-refractivity contribution in [1.82, 2.24) is 0 Å². The number of nitrogens with zero attached hydrogens (tertiary/aromatic N) is 1. The van der Waals surface area contributed by atoms with Crippen molar-refractivity contribution in [1.29, 1.82) is 5.26 Å². The Bertz CT molecular complexity index is 49.4. The van der Waals surface area contributed by atoms with Gasteiger partial charge in [0.15, 0.2) is 0 Å². The molecule has 0 rings (SSSR count). The number of nitriles is 1. The molecular formula is CHAlCoNNiOTi. The van der Waals surface area contributed by atoms with Gasteiger partial charge in [0.2, 0.25) is 0 Å². The summed E-state index contributed by atoms with van der Waals surface area (Å²) in [5, 5.41) is 8.62. The Balaban J connectivity index is -0.0000000105. The summed E-state index contributed by atoms with van der Waals surface area (Å²) in [5.74, 6) is 0. The number of hydrogen-bond acceptors (Lipinski definition) is 2. The van der Waals surface area contributed by atoms with Gasteiger partial charge in [0.1, 0.15) is 0 Å². The zero-order valence-electron chi connectivity index (χ0n) is 3.21. The van der Waals surface area contributed by atoms with Crippen LogP contribution in [0.3, 0.4) is 0 Å². The second kappa shape index (κ2) is 50.0. The first-order valence-electron chi connectivity index (χ1n) is 0.679. The van der Waals surface area contributed by atoms with Crippen molar-refractivity contribution in [2.75, 3.05) is 0 Å². The zero-order valence-corrected chi connectivity index (χ0v) is 8.22. The van der Waals surface area contributed by atoms with Crippen LogP contribution < -0.4 is 0 Å². The Kier molecular flexibility index (Phi) is 168. The molecule has 0 amide bonds. The number of hydrogen-bond donors (Lipinski definition) is 0. The molecule has 0 unspecified atom stereocenters. The summed E-state index contributed by atoms with van der Waals surface area (Å²) < 4.78 is 8.28. The van der Waals surface area contributed by atoms with Gasteiger partial charge in [0.25, 0.3) is 0 Å². The smallest absolute Gasteiger partial charge is 0 e. The van der Waals surface area contributed by atoms with Crippen LogP contribution in [0, 0.1) is 10.3 Å². The first-order chi connectivity index (χ1) is 2.41. The Morgan fingerprint density at radius 1 is 1.57 bits per heavy atom. The van der Waals surface area contributed by atoms with Gasteiger partial charge in [-0.1, -0.05) is 0 Å². The van der Waals surface area contributed by atoms with Crippen LogP contribution in [0.25, 0.3) is 0 Å². The summed E-state index contributed by atoms with van der Waals surface area (Å²) in [6.07, 6.45) is 0. The molecule has 0 atom stereocenters. The van der Waals surface area contributed by atoms with E-state index in [0.717, 1.165) is 0 Å². The topological polar surface area (TPSA) is 40.9 Å². The standard InChI is InChI=1S/CN.Al.Co.Ni.O.Ti.H/c1-2;;;;;;. The Hall–Kier alpha value is 1.54. The van der Waals surface area contributed by atoms with E-state index >= 15 is 0 Å². The molecule has 0 heterocycles. The van der Waals surface area contributed by atoms with Crippen LogP contribution in [0.4, 0.5) is 0 Å². The minimum absolute atomic E-state index is 0. The van der Waals surface area contributed by atoms with Gasteiger partial charge < -0.3 is 0 Å². The van der Waals surface area contributed by atoms with Gasteiger partial charge in [0.05, 0.1) is 0 Å². The van der Waals surface area contributed by atoms with Crippen molar-refractivity contribution in [2.45, 2.75) is 0 Å². The molecule has 0 aromatic rings. The van der Waals surface area contributed by atoms with E-state index in [-0.39, 0.29) is 38.2 Å². The molecule has 0 aromatic heterocycles. The molecule has 2 nitrogen and oxygen atoms in total. The summed E-state index contributed by atoms with van der Waals surface area (Å²) >= 11 is 3.74. The Labute approximate surface area is 83.4 Å². The van der Waals surface area contributed by atoms with Gasteiger partial charge in [-0.3, -0.25) is 0 Å². The van der Waals surface area contributed by atoms with Gasteiger partial charge in [-0.05, 0) is 0 Å². The molecule has 42 valence electrons. The minimum Gasteiger partial charge on any atom is 0 e. The first kappa shape index (κ1) is 23.6. The van der Waals surface area contributed by atoms with Gasteiger partial charge in [-0.2, -0.15) is 0 Å². The van der Waals surface area contributed by atoms with E-state index in [1.807, 2.05) is 0 Å². The van der Waals surface area contributed by atoms with Crippen LogP contribution in [-0.2, 0) is 57.8 Å². The molecule has 0 spiro atoms. The normalized spacial score (nSPS) is 1.71. The molecule has 0 radical (unpaired) electrons. The molecule has 0 saturated heterocycles. The van der Waals surface area contributed by atoms with E-state index in [4.69, 9.17) is 9.07 Å². The monoisotopic (exact) mass is 235 g/mol. The summed E-state index contributed by atoms with van der Waals surface area (Å²) in [7, 11) is 0. The van der Waals surface area contributed by atoms with Gasteiger partial charge in [0, 0.05) is 38.2 Å². The zero-order chi connectivity index (χ0) is 4.71. The molecule has 6 heteroatoms. The van der Waals surface area contributed by atoms with E-state index in [0.29, 0.717) is 16.2 Å². The third-order valence-electron chi connectivity index (χ3n) is 0. The van der Waals surface area contributed by atoms with Crippen LogP contribution in [0.15, 0.2) is 0 Å². The molecule has 0 N–H and O–H groups in total. The van der Waals surface area contributed by atoms with E-state index in [1.165, 1.54) is 5.00 Å². The summed E-state index contributed by atoms with van der Waals surface area (Å²) in [4.78, 5) is 0. The Morgan fingerprint density at radius 3 is 1.57 bits per heavy atom. The average Bonchev–Trinajstić information content (AvgIpc) is 1.46. The molecule has 0 fully saturated rings. The fraction of sp³-hybridized carbons (Fsp3) is 0. The minimum atomic E-state index is 0. The van der Waals surface area contributed by atoms with Crippen LogP contribution in [0.1, 0.15) is 0 Å². The van der Waals surface area contributed by atoms with Crippen molar-refractivity contribution in [3.8, 4) is 5.00 Å². The summed E-state index contributed by atoms with van der Waals surface area (Å²) in [6, 6.07) is 0. The van der Waals surface area contributed by atoms with E-state index in [2.05, 4.69) is 15.7 Å². The van der Waals surface area contributed by atoms with Crippen molar-refractivity contribution in [2.24, 2.45) is 0 Å². The molecular weight excluding hydrogens is 234 g/mol. The molecule has 0 aliphatic carbocycles. The molecule has 0 aliphatic heterocycles. The van der Waals surface area contributed by atoms with Crippen molar-refractivity contribution < 1.29 is 57.8 Å². The predicted octanol–water partition coefficient (Wildman–Crippen LogP) is -0.758. The van der Waals surface area contributed by atoms with Gasteiger partial charge >= 0.3 is 46.0 Å². The maximum absolute atomic E-state index is 8.28. The molecule has 0 aromatic carbocycles. The second-order valence-electron chi connectivity index (χ2n) is 0.0745. The largest absolute Gasteiger partial charge is 0 e. The number of rotatable bonds is 0. The Morgan fingerprint density at radius 2 is 1.57 bits per heavy atom. The first-order valence-corrected chi connectivity index (χ1v) is 1.78.